The van der Waals surface area contributed by atoms with Crippen LogP contribution in [0.5, 0.6) is 0 Å². The van der Waals surface area contributed by atoms with E-state index in [2.05, 4.69) is 18.7 Å². The van der Waals surface area contributed by atoms with Gasteiger partial charge in [-0.25, -0.2) is 0 Å². The first kappa shape index (κ1) is 17.5. The molecule has 4 nitrogen and oxygen atoms in total. The lowest BCUT2D eigenvalue weighted by molar-refractivity contribution is -0.145. The normalized spacial score (nSPS) is 21.7. The molecule has 0 aliphatic carbocycles. The summed E-state index contributed by atoms with van der Waals surface area (Å²) in [5.74, 6) is -0.911. The second-order valence-electron chi connectivity index (χ2n) is 5.76. The summed E-state index contributed by atoms with van der Waals surface area (Å²) in [6, 6.07) is 4.44. The molecular weight excluding hydrogens is 323 g/mol. The molecule has 0 bridgehead atoms. The molecule has 1 N–H and O–H groups in total. The van der Waals surface area contributed by atoms with Crippen molar-refractivity contribution in [2.75, 3.05) is 26.2 Å². The molecule has 1 heterocycles. The summed E-state index contributed by atoms with van der Waals surface area (Å²) in [6.45, 7) is 7.68. The van der Waals surface area contributed by atoms with E-state index < -0.39 is 12.0 Å². The van der Waals surface area contributed by atoms with Crippen LogP contribution in [0.3, 0.4) is 0 Å². The van der Waals surface area contributed by atoms with Crippen LogP contribution in [0.2, 0.25) is 10.0 Å². The van der Waals surface area contributed by atoms with Gasteiger partial charge in [0.25, 0.3) is 0 Å². The zero-order valence-electron chi connectivity index (χ0n) is 12.9. The number of benzene rings is 1. The molecule has 1 fully saturated rings. The average molecular weight is 345 g/mol. The van der Waals surface area contributed by atoms with Crippen molar-refractivity contribution in [1.29, 1.82) is 0 Å². The van der Waals surface area contributed by atoms with Crippen molar-refractivity contribution in [2.45, 2.75) is 32.4 Å². The highest BCUT2D eigenvalue weighted by Gasteiger charge is 2.36. The van der Waals surface area contributed by atoms with Crippen LogP contribution < -0.4 is 0 Å². The molecule has 1 aliphatic heterocycles. The number of carbonyl (C=O) groups is 1. The highest BCUT2D eigenvalue weighted by molar-refractivity contribution is 6.36. The third-order valence-corrected chi connectivity index (χ3v) is 4.80. The number of carboxylic acid groups (broad SMARTS) is 1. The molecule has 2 atom stereocenters. The zero-order valence-corrected chi connectivity index (χ0v) is 14.4. The summed E-state index contributed by atoms with van der Waals surface area (Å²) in [4.78, 5) is 16.2. The van der Waals surface area contributed by atoms with Crippen molar-refractivity contribution < 1.29 is 9.90 Å². The molecule has 122 valence electrons. The second-order valence-corrected chi connectivity index (χ2v) is 6.58. The van der Waals surface area contributed by atoms with E-state index in [1.807, 2.05) is 4.90 Å². The van der Waals surface area contributed by atoms with Crippen molar-refractivity contribution in [3.05, 3.63) is 33.8 Å². The number of rotatable bonds is 5. The molecular formula is C16H22Cl2N2O2. The third-order valence-electron chi connectivity index (χ3n) is 4.14. The highest BCUT2D eigenvalue weighted by Crippen LogP contribution is 2.35. The predicted molar refractivity (Wildman–Crippen MR) is 89.7 cm³/mol. The molecule has 0 amide bonds. The Bertz CT molecular complexity index is 519. The number of hydrogen-bond acceptors (Lipinski definition) is 3. The van der Waals surface area contributed by atoms with Crippen molar-refractivity contribution in [3.8, 4) is 0 Å². The van der Waals surface area contributed by atoms with E-state index in [0.717, 1.165) is 26.1 Å². The first-order valence-electron chi connectivity index (χ1n) is 7.60. The Kier molecular flexibility index (Phi) is 6.09. The van der Waals surface area contributed by atoms with Gasteiger partial charge < -0.3 is 10.0 Å². The molecule has 0 aromatic heterocycles. The van der Waals surface area contributed by atoms with Crippen molar-refractivity contribution in [2.24, 2.45) is 0 Å². The largest absolute Gasteiger partial charge is 0.480 e. The lowest BCUT2D eigenvalue weighted by atomic mass is 10.0. The molecule has 0 spiro atoms. The van der Waals surface area contributed by atoms with E-state index >= 15 is 0 Å². The summed E-state index contributed by atoms with van der Waals surface area (Å²) >= 11 is 12.5. The van der Waals surface area contributed by atoms with Crippen molar-refractivity contribution >= 4 is 29.2 Å². The smallest absolute Gasteiger partial charge is 0.325 e. The first-order chi connectivity index (χ1) is 10.5. The van der Waals surface area contributed by atoms with Gasteiger partial charge in [0.2, 0.25) is 0 Å². The number of halogens is 2. The molecule has 0 radical (unpaired) electrons. The summed E-state index contributed by atoms with van der Waals surface area (Å²) in [5, 5.41) is 10.6. The maximum Gasteiger partial charge on any atom is 0.325 e. The first-order valence-corrected chi connectivity index (χ1v) is 8.36. The molecule has 2 rings (SSSR count). The van der Waals surface area contributed by atoms with E-state index in [4.69, 9.17) is 23.2 Å². The number of hydrogen-bond donors (Lipinski definition) is 1. The van der Waals surface area contributed by atoms with Gasteiger partial charge >= 0.3 is 5.97 Å². The van der Waals surface area contributed by atoms with E-state index in [1.54, 1.807) is 18.2 Å². The Morgan fingerprint density at radius 2 is 2.00 bits per heavy atom. The Morgan fingerprint density at radius 1 is 1.36 bits per heavy atom. The highest BCUT2D eigenvalue weighted by atomic mass is 35.5. The van der Waals surface area contributed by atoms with Gasteiger partial charge in [-0.15, -0.1) is 0 Å². The molecule has 1 aliphatic rings. The number of nitrogens with zero attached hydrogens (tertiary/aromatic N) is 2. The molecule has 6 heteroatoms. The van der Waals surface area contributed by atoms with Crippen LogP contribution >= 0.6 is 23.2 Å². The standard InChI is InChI=1S/C16H22Cl2N2O2/c1-3-7-19-8-9-20(11(2)10-19)15(16(21)22)14-12(17)5-4-6-13(14)18/h4-6,11,15H,3,7-10H2,1-2H3,(H,21,22). The summed E-state index contributed by atoms with van der Waals surface area (Å²) in [6.07, 6.45) is 1.10. The monoisotopic (exact) mass is 344 g/mol. The lowest BCUT2D eigenvalue weighted by Crippen LogP contribution is -2.54. The number of piperazine rings is 1. The minimum Gasteiger partial charge on any atom is -0.480 e. The van der Waals surface area contributed by atoms with Crippen LogP contribution in [-0.2, 0) is 4.79 Å². The summed E-state index contributed by atoms with van der Waals surface area (Å²) < 4.78 is 0. The Hall–Kier alpha value is -0.810. The SMILES string of the molecule is CCCN1CCN(C(C(=O)O)c2c(Cl)cccc2Cl)C(C)C1. The Labute approximate surface area is 141 Å². The van der Waals surface area contributed by atoms with Gasteiger partial charge in [-0.3, -0.25) is 9.69 Å². The third kappa shape index (κ3) is 3.74. The van der Waals surface area contributed by atoms with Gasteiger partial charge in [-0.1, -0.05) is 36.2 Å². The lowest BCUT2D eigenvalue weighted by Gasteiger charge is -2.42. The van der Waals surface area contributed by atoms with Gasteiger partial charge in [0.1, 0.15) is 6.04 Å². The van der Waals surface area contributed by atoms with Gasteiger partial charge in [-0.2, -0.15) is 0 Å². The zero-order chi connectivity index (χ0) is 16.3. The Morgan fingerprint density at radius 3 is 2.50 bits per heavy atom. The quantitative estimate of drug-likeness (QED) is 0.887. The van der Waals surface area contributed by atoms with Crippen LogP contribution in [0.4, 0.5) is 0 Å². The van der Waals surface area contributed by atoms with Crippen LogP contribution in [0.25, 0.3) is 0 Å². The van der Waals surface area contributed by atoms with Crippen LogP contribution in [0.15, 0.2) is 18.2 Å². The van der Waals surface area contributed by atoms with Gasteiger partial charge in [-0.05, 0) is 32.0 Å². The number of aliphatic carboxylic acids is 1. The molecule has 1 aromatic rings. The second kappa shape index (κ2) is 7.64. The predicted octanol–water partition coefficient (Wildman–Crippen LogP) is 3.54. The summed E-state index contributed by atoms with van der Waals surface area (Å²) in [5.41, 5.74) is 0.495. The molecule has 22 heavy (non-hydrogen) atoms. The van der Waals surface area contributed by atoms with Crippen LogP contribution in [-0.4, -0.2) is 53.1 Å². The average Bonchev–Trinajstić information content (AvgIpc) is 2.44. The fourth-order valence-electron chi connectivity index (χ4n) is 3.15. The van der Waals surface area contributed by atoms with Gasteiger partial charge in [0, 0.05) is 41.3 Å². The van der Waals surface area contributed by atoms with Gasteiger partial charge in [0.15, 0.2) is 0 Å². The van der Waals surface area contributed by atoms with E-state index in [0.29, 0.717) is 22.2 Å². The summed E-state index contributed by atoms with van der Waals surface area (Å²) in [7, 11) is 0. The molecule has 1 saturated heterocycles. The van der Waals surface area contributed by atoms with Crippen LogP contribution in [0.1, 0.15) is 31.9 Å². The topological polar surface area (TPSA) is 43.8 Å². The maximum atomic E-state index is 11.9. The van der Waals surface area contributed by atoms with Crippen LogP contribution in [0, 0.1) is 0 Å². The molecule has 2 unspecified atom stereocenters. The van der Waals surface area contributed by atoms with Crippen molar-refractivity contribution in [3.63, 3.8) is 0 Å². The number of carboxylic acids is 1. The fourth-order valence-corrected chi connectivity index (χ4v) is 3.76. The van der Waals surface area contributed by atoms with E-state index in [-0.39, 0.29) is 6.04 Å². The fraction of sp³-hybridized carbons (Fsp3) is 0.562. The van der Waals surface area contributed by atoms with Gasteiger partial charge in [0.05, 0.1) is 0 Å². The molecule has 1 aromatic carbocycles. The maximum absolute atomic E-state index is 11.9. The minimum atomic E-state index is -0.911. The van der Waals surface area contributed by atoms with E-state index in [9.17, 15) is 9.90 Å². The minimum absolute atomic E-state index is 0.133. The Balaban J connectivity index is 2.28. The molecule has 0 saturated carbocycles. The van der Waals surface area contributed by atoms with E-state index in [1.165, 1.54) is 0 Å². The van der Waals surface area contributed by atoms with Crippen molar-refractivity contribution in [1.82, 2.24) is 9.80 Å².